The van der Waals surface area contributed by atoms with Crippen LogP contribution in [0.25, 0.3) is 0 Å². The Balaban J connectivity index is 3.26. The SMILES string of the molecule is COc1ccc(C(=O)O)c(C(O)C(O)C(N)=O)c1. The Morgan fingerprint density at radius 3 is 2.39 bits per heavy atom. The molecule has 0 fully saturated rings. The lowest BCUT2D eigenvalue weighted by atomic mass is 9.98. The van der Waals surface area contributed by atoms with Gasteiger partial charge in [-0.1, -0.05) is 0 Å². The molecule has 0 bridgehead atoms. The fourth-order valence-electron chi connectivity index (χ4n) is 1.43. The van der Waals surface area contributed by atoms with E-state index in [1.165, 1.54) is 25.3 Å². The fourth-order valence-corrected chi connectivity index (χ4v) is 1.43. The zero-order chi connectivity index (χ0) is 13.9. The summed E-state index contributed by atoms with van der Waals surface area (Å²) in [5.41, 5.74) is 4.45. The number of carbonyl (C=O) groups excluding carboxylic acids is 1. The molecular weight excluding hydrogens is 242 g/mol. The van der Waals surface area contributed by atoms with Crippen molar-refractivity contribution in [2.45, 2.75) is 12.2 Å². The summed E-state index contributed by atoms with van der Waals surface area (Å²) in [4.78, 5) is 21.8. The average Bonchev–Trinajstić information content (AvgIpc) is 2.35. The third kappa shape index (κ3) is 2.76. The molecule has 7 nitrogen and oxygen atoms in total. The summed E-state index contributed by atoms with van der Waals surface area (Å²) in [6.07, 6.45) is -3.63. The monoisotopic (exact) mass is 255 g/mol. The molecule has 1 rings (SSSR count). The number of hydrogen-bond acceptors (Lipinski definition) is 5. The number of carboxylic acid groups (broad SMARTS) is 1. The van der Waals surface area contributed by atoms with Crippen LogP contribution in [0.5, 0.6) is 5.75 Å². The van der Waals surface area contributed by atoms with Crippen LogP contribution < -0.4 is 10.5 Å². The maximum atomic E-state index is 11.0. The molecule has 0 aliphatic carbocycles. The first kappa shape index (κ1) is 13.9. The van der Waals surface area contributed by atoms with Crippen LogP contribution in [0.4, 0.5) is 0 Å². The number of nitrogens with two attached hydrogens (primary N) is 1. The molecular formula is C11H13NO6. The quantitative estimate of drug-likeness (QED) is 0.549. The van der Waals surface area contributed by atoms with E-state index < -0.39 is 24.1 Å². The molecule has 0 saturated carbocycles. The van der Waals surface area contributed by atoms with Crippen molar-refractivity contribution < 1.29 is 29.6 Å². The van der Waals surface area contributed by atoms with Gasteiger partial charge in [0.25, 0.3) is 0 Å². The number of carbonyl (C=O) groups is 2. The van der Waals surface area contributed by atoms with Crippen LogP contribution in [0.15, 0.2) is 18.2 Å². The zero-order valence-corrected chi connectivity index (χ0v) is 9.53. The third-order valence-corrected chi connectivity index (χ3v) is 2.40. The summed E-state index contributed by atoms with van der Waals surface area (Å²) in [6, 6.07) is 3.81. The van der Waals surface area contributed by atoms with E-state index in [4.69, 9.17) is 15.6 Å². The van der Waals surface area contributed by atoms with E-state index in [2.05, 4.69) is 0 Å². The van der Waals surface area contributed by atoms with Crippen LogP contribution >= 0.6 is 0 Å². The number of methoxy groups -OCH3 is 1. The van der Waals surface area contributed by atoms with Crippen molar-refractivity contribution in [3.63, 3.8) is 0 Å². The highest BCUT2D eigenvalue weighted by molar-refractivity contribution is 5.90. The van der Waals surface area contributed by atoms with Crippen molar-refractivity contribution in [1.29, 1.82) is 0 Å². The van der Waals surface area contributed by atoms with Crippen LogP contribution in [-0.4, -0.2) is 40.4 Å². The van der Waals surface area contributed by atoms with E-state index in [0.717, 1.165) is 0 Å². The largest absolute Gasteiger partial charge is 0.497 e. The molecule has 5 N–H and O–H groups in total. The van der Waals surface area contributed by atoms with Gasteiger partial charge in [0.05, 0.1) is 12.7 Å². The summed E-state index contributed by atoms with van der Waals surface area (Å²) < 4.78 is 4.88. The van der Waals surface area contributed by atoms with E-state index in [1.807, 2.05) is 0 Å². The summed E-state index contributed by atoms with van der Waals surface area (Å²) in [7, 11) is 1.36. The van der Waals surface area contributed by atoms with Crippen LogP contribution in [0.2, 0.25) is 0 Å². The molecule has 1 aromatic carbocycles. The minimum Gasteiger partial charge on any atom is -0.497 e. The standard InChI is InChI=1S/C11H13NO6/c1-18-5-2-3-6(11(16)17)7(4-5)8(13)9(14)10(12)15/h2-4,8-9,13-14H,1H3,(H2,12,15)(H,16,17). The second-order valence-corrected chi connectivity index (χ2v) is 3.55. The van der Waals surface area contributed by atoms with Crippen LogP contribution in [0, 0.1) is 0 Å². The third-order valence-electron chi connectivity index (χ3n) is 2.40. The fraction of sp³-hybridized carbons (Fsp3) is 0.273. The average molecular weight is 255 g/mol. The predicted molar refractivity (Wildman–Crippen MR) is 60.1 cm³/mol. The van der Waals surface area contributed by atoms with E-state index in [1.54, 1.807) is 0 Å². The summed E-state index contributed by atoms with van der Waals surface area (Å²) >= 11 is 0. The smallest absolute Gasteiger partial charge is 0.336 e. The first-order chi connectivity index (χ1) is 8.38. The Hall–Kier alpha value is -2.12. The molecule has 18 heavy (non-hydrogen) atoms. The number of hydrogen-bond donors (Lipinski definition) is 4. The molecule has 0 radical (unpaired) electrons. The Morgan fingerprint density at radius 1 is 1.33 bits per heavy atom. The van der Waals surface area contributed by atoms with Gasteiger partial charge in [0.15, 0.2) is 6.10 Å². The minimum atomic E-state index is -1.89. The maximum Gasteiger partial charge on any atom is 0.336 e. The molecule has 98 valence electrons. The first-order valence-corrected chi connectivity index (χ1v) is 4.95. The van der Waals surface area contributed by atoms with Crippen molar-refractivity contribution in [3.8, 4) is 5.75 Å². The van der Waals surface area contributed by atoms with E-state index in [9.17, 15) is 19.8 Å². The molecule has 2 atom stereocenters. The molecule has 0 aliphatic heterocycles. The summed E-state index contributed by atoms with van der Waals surface area (Å²) in [5, 5.41) is 28.0. The Bertz CT molecular complexity index is 473. The zero-order valence-electron chi connectivity index (χ0n) is 9.53. The number of benzene rings is 1. The van der Waals surface area contributed by atoms with Gasteiger partial charge in [0.2, 0.25) is 5.91 Å². The summed E-state index contributed by atoms with van der Waals surface area (Å²) in [5.74, 6) is -2.17. The minimum absolute atomic E-state index is 0.145. The van der Waals surface area contributed by atoms with Crippen LogP contribution in [-0.2, 0) is 4.79 Å². The number of aliphatic hydroxyl groups excluding tert-OH is 2. The number of carboxylic acids is 1. The predicted octanol–water partition coefficient (Wildman–Crippen LogP) is -0.727. The van der Waals surface area contributed by atoms with Gasteiger partial charge >= 0.3 is 5.97 Å². The Kier molecular flexibility index (Phi) is 4.24. The Labute approximate surface area is 102 Å². The number of primary amides is 1. The molecule has 0 aliphatic rings. The molecule has 0 saturated heterocycles. The lowest BCUT2D eigenvalue weighted by molar-refractivity contribution is -0.132. The molecule has 0 heterocycles. The van der Waals surface area contributed by atoms with Gasteiger partial charge in [0.1, 0.15) is 11.9 Å². The second kappa shape index (κ2) is 5.48. The molecule has 1 amide bonds. The van der Waals surface area contributed by atoms with Gasteiger partial charge in [-0.15, -0.1) is 0 Å². The molecule has 7 heteroatoms. The van der Waals surface area contributed by atoms with Crippen LogP contribution in [0.3, 0.4) is 0 Å². The van der Waals surface area contributed by atoms with Gasteiger partial charge in [-0.05, 0) is 18.2 Å². The first-order valence-electron chi connectivity index (χ1n) is 4.95. The molecule has 2 unspecified atom stereocenters. The normalized spacial score (nSPS) is 13.7. The van der Waals surface area contributed by atoms with Crippen LogP contribution in [0.1, 0.15) is 22.0 Å². The van der Waals surface area contributed by atoms with E-state index in [0.29, 0.717) is 0 Å². The molecule has 1 aromatic rings. The number of ether oxygens (including phenoxy) is 1. The topological polar surface area (TPSA) is 130 Å². The van der Waals surface area contributed by atoms with Crippen molar-refractivity contribution in [1.82, 2.24) is 0 Å². The van der Waals surface area contributed by atoms with Crippen molar-refractivity contribution >= 4 is 11.9 Å². The van der Waals surface area contributed by atoms with E-state index in [-0.39, 0.29) is 16.9 Å². The molecule has 0 spiro atoms. The number of rotatable bonds is 5. The van der Waals surface area contributed by atoms with Crippen molar-refractivity contribution in [3.05, 3.63) is 29.3 Å². The van der Waals surface area contributed by atoms with Gasteiger partial charge in [-0.3, -0.25) is 4.79 Å². The lowest BCUT2D eigenvalue weighted by Gasteiger charge is -2.17. The summed E-state index contributed by atoms with van der Waals surface area (Å²) in [6.45, 7) is 0. The highest BCUT2D eigenvalue weighted by atomic mass is 16.5. The second-order valence-electron chi connectivity index (χ2n) is 3.55. The maximum absolute atomic E-state index is 11.0. The Morgan fingerprint density at radius 2 is 1.94 bits per heavy atom. The van der Waals surface area contributed by atoms with Gasteiger partial charge in [-0.2, -0.15) is 0 Å². The lowest BCUT2D eigenvalue weighted by Crippen LogP contribution is -2.34. The number of aliphatic hydroxyl groups is 2. The number of amides is 1. The van der Waals surface area contributed by atoms with E-state index >= 15 is 0 Å². The number of aromatic carboxylic acids is 1. The van der Waals surface area contributed by atoms with Gasteiger partial charge < -0.3 is 25.8 Å². The highest BCUT2D eigenvalue weighted by Crippen LogP contribution is 2.26. The van der Waals surface area contributed by atoms with Crippen molar-refractivity contribution in [2.24, 2.45) is 5.73 Å². The van der Waals surface area contributed by atoms with Crippen molar-refractivity contribution in [2.75, 3.05) is 7.11 Å². The van der Waals surface area contributed by atoms with Gasteiger partial charge in [0, 0.05) is 5.56 Å². The highest BCUT2D eigenvalue weighted by Gasteiger charge is 2.27. The van der Waals surface area contributed by atoms with Gasteiger partial charge in [-0.25, -0.2) is 4.79 Å². The molecule has 0 aromatic heterocycles.